The molecule has 1 saturated carbocycles. The molecule has 1 amide bonds. The number of hydrogen-bond acceptors (Lipinski definition) is 3. The van der Waals surface area contributed by atoms with Gasteiger partial charge < -0.3 is 10.4 Å². The second-order valence-electron chi connectivity index (χ2n) is 6.26. The summed E-state index contributed by atoms with van der Waals surface area (Å²) >= 11 is 7.93. The van der Waals surface area contributed by atoms with Gasteiger partial charge in [-0.05, 0) is 43.1 Å². The second kappa shape index (κ2) is 5.82. The standard InChI is InChI=1S/C16H20ClNO2S/c17-13-4-2-1-3-12(13)9-15(5-6-15)14(19)18-10-16(20)7-8-21-11-16/h1-4,20H,5-11H2,(H,18,19). The number of thioether (sulfide) groups is 1. The molecule has 3 nitrogen and oxygen atoms in total. The molecule has 21 heavy (non-hydrogen) atoms. The third-order valence-electron chi connectivity index (χ3n) is 4.48. The first-order valence-electron chi connectivity index (χ1n) is 7.35. The van der Waals surface area contributed by atoms with Crippen LogP contribution in [-0.4, -0.2) is 34.7 Å². The van der Waals surface area contributed by atoms with Gasteiger partial charge in [0.1, 0.15) is 0 Å². The molecule has 1 aliphatic carbocycles. The van der Waals surface area contributed by atoms with Gasteiger partial charge >= 0.3 is 0 Å². The number of rotatable bonds is 5. The number of nitrogens with one attached hydrogen (secondary N) is 1. The smallest absolute Gasteiger partial charge is 0.226 e. The molecule has 0 bridgehead atoms. The molecule has 1 unspecified atom stereocenters. The largest absolute Gasteiger partial charge is 0.387 e. The van der Waals surface area contributed by atoms with Gasteiger partial charge in [-0.15, -0.1) is 0 Å². The van der Waals surface area contributed by atoms with Gasteiger partial charge in [-0.2, -0.15) is 11.8 Å². The number of amides is 1. The molecule has 5 heteroatoms. The first-order chi connectivity index (χ1) is 10.0. The summed E-state index contributed by atoms with van der Waals surface area (Å²) in [4.78, 5) is 12.5. The molecule has 1 saturated heterocycles. The van der Waals surface area contributed by atoms with Crippen molar-refractivity contribution in [3.63, 3.8) is 0 Å². The minimum absolute atomic E-state index is 0.0627. The number of aliphatic hydroxyl groups is 1. The molecule has 2 N–H and O–H groups in total. The van der Waals surface area contributed by atoms with E-state index in [-0.39, 0.29) is 11.3 Å². The predicted octanol–water partition coefficient (Wildman–Crippen LogP) is 2.65. The third-order valence-corrected chi connectivity index (χ3v) is 6.09. The van der Waals surface area contributed by atoms with Gasteiger partial charge in [-0.3, -0.25) is 4.79 Å². The molecule has 0 radical (unpaired) electrons. The Morgan fingerprint density at radius 1 is 1.33 bits per heavy atom. The van der Waals surface area contributed by atoms with E-state index in [0.29, 0.717) is 18.7 Å². The minimum Gasteiger partial charge on any atom is -0.387 e. The Balaban J connectivity index is 1.60. The van der Waals surface area contributed by atoms with Crippen LogP contribution >= 0.6 is 23.4 Å². The Bertz CT molecular complexity index is 539. The third kappa shape index (κ3) is 3.38. The summed E-state index contributed by atoms with van der Waals surface area (Å²) in [6.07, 6.45) is 3.25. The van der Waals surface area contributed by atoms with Crippen molar-refractivity contribution >= 4 is 29.3 Å². The van der Waals surface area contributed by atoms with Crippen LogP contribution in [0.15, 0.2) is 24.3 Å². The van der Waals surface area contributed by atoms with Gasteiger partial charge in [0, 0.05) is 17.3 Å². The molecule has 1 heterocycles. The summed E-state index contributed by atoms with van der Waals surface area (Å²) in [7, 11) is 0. The highest BCUT2D eigenvalue weighted by molar-refractivity contribution is 7.99. The van der Waals surface area contributed by atoms with E-state index in [9.17, 15) is 9.90 Å². The van der Waals surface area contributed by atoms with Crippen LogP contribution in [0.5, 0.6) is 0 Å². The van der Waals surface area contributed by atoms with Crippen LogP contribution in [0.3, 0.4) is 0 Å². The Morgan fingerprint density at radius 2 is 2.10 bits per heavy atom. The first-order valence-corrected chi connectivity index (χ1v) is 8.88. The molecule has 1 aromatic carbocycles. The lowest BCUT2D eigenvalue weighted by Gasteiger charge is -2.24. The van der Waals surface area contributed by atoms with Crippen LogP contribution in [0.1, 0.15) is 24.8 Å². The molecule has 1 aliphatic heterocycles. The highest BCUT2D eigenvalue weighted by Crippen LogP contribution is 2.49. The fourth-order valence-corrected chi connectivity index (χ4v) is 4.31. The minimum atomic E-state index is -0.721. The maximum absolute atomic E-state index is 12.5. The SMILES string of the molecule is O=C(NCC1(O)CCSC1)C1(Cc2ccccc2Cl)CC1. The fourth-order valence-electron chi connectivity index (χ4n) is 2.81. The second-order valence-corrected chi connectivity index (χ2v) is 7.77. The van der Waals surface area contributed by atoms with Gasteiger partial charge in [-0.25, -0.2) is 0 Å². The highest BCUT2D eigenvalue weighted by atomic mass is 35.5. The molecule has 2 aliphatic rings. The zero-order chi connectivity index (χ0) is 14.9. The first kappa shape index (κ1) is 15.2. The Hall–Kier alpha value is -0.710. The Morgan fingerprint density at radius 3 is 2.71 bits per heavy atom. The molecule has 0 aromatic heterocycles. The fraction of sp³-hybridized carbons (Fsp3) is 0.562. The quantitative estimate of drug-likeness (QED) is 0.875. The van der Waals surface area contributed by atoms with Crippen molar-refractivity contribution in [2.75, 3.05) is 18.1 Å². The average molecular weight is 326 g/mol. The van der Waals surface area contributed by atoms with Crippen molar-refractivity contribution in [1.82, 2.24) is 5.32 Å². The zero-order valence-corrected chi connectivity index (χ0v) is 13.5. The molecular formula is C16H20ClNO2S. The topological polar surface area (TPSA) is 49.3 Å². The van der Waals surface area contributed by atoms with Gasteiger partial charge in [0.2, 0.25) is 5.91 Å². The number of hydrogen-bond donors (Lipinski definition) is 2. The van der Waals surface area contributed by atoms with E-state index in [1.165, 1.54) is 0 Å². The molecule has 1 atom stereocenters. The van der Waals surface area contributed by atoms with Crippen LogP contribution in [0.4, 0.5) is 0 Å². The van der Waals surface area contributed by atoms with Crippen molar-refractivity contribution in [3.8, 4) is 0 Å². The summed E-state index contributed by atoms with van der Waals surface area (Å²) < 4.78 is 0. The highest BCUT2D eigenvalue weighted by Gasteiger charge is 2.50. The summed E-state index contributed by atoms with van der Waals surface area (Å²) in [5, 5.41) is 14.0. The predicted molar refractivity (Wildman–Crippen MR) is 86.7 cm³/mol. The summed E-state index contributed by atoms with van der Waals surface area (Å²) in [6, 6.07) is 7.70. The van der Waals surface area contributed by atoms with Crippen LogP contribution in [0, 0.1) is 5.41 Å². The number of halogens is 1. The Kier molecular flexibility index (Phi) is 4.21. The van der Waals surface area contributed by atoms with Gasteiger partial charge in [0.05, 0.1) is 11.0 Å². The number of carbonyl (C=O) groups is 1. The van der Waals surface area contributed by atoms with Gasteiger partial charge in [-0.1, -0.05) is 29.8 Å². The van der Waals surface area contributed by atoms with Crippen molar-refractivity contribution in [2.24, 2.45) is 5.41 Å². The van der Waals surface area contributed by atoms with Gasteiger partial charge in [0.15, 0.2) is 0 Å². The van der Waals surface area contributed by atoms with E-state index in [4.69, 9.17) is 11.6 Å². The lowest BCUT2D eigenvalue weighted by Crippen LogP contribution is -2.45. The Labute approximate surface area is 134 Å². The van der Waals surface area contributed by atoms with Crippen LogP contribution in [0.25, 0.3) is 0 Å². The van der Waals surface area contributed by atoms with E-state index in [1.807, 2.05) is 24.3 Å². The summed E-state index contributed by atoms with van der Waals surface area (Å²) in [6.45, 7) is 0.364. The van der Waals surface area contributed by atoms with E-state index in [2.05, 4.69) is 5.32 Å². The van der Waals surface area contributed by atoms with E-state index < -0.39 is 5.60 Å². The maximum Gasteiger partial charge on any atom is 0.226 e. The normalized spacial score (nSPS) is 26.6. The van der Waals surface area contributed by atoms with Crippen molar-refractivity contribution in [2.45, 2.75) is 31.3 Å². The number of benzene rings is 1. The monoisotopic (exact) mass is 325 g/mol. The maximum atomic E-state index is 12.5. The molecule has 114 valence electrons. The summed E-state index contributed by atoms with van der Waals surface area (Å²) in [5.74, 6) is 1.75. The molecule has 2 fully saturated rings. The van der Waals surface area contributed by atoms with Crippen LogP contribution in [-0.2, 0) is 11.2 Å². The van der Waals surface area contributed by atoms with Crippen LogP contribution < -0.4 is 5.32 Å². The zero-order valence-electron chi connectivity index (χ0n) is 11.9. The lowest BCUT2D eigenvalue weighted by atomic mass is 9.95. The molecular weight excluding hydrogens is 306 g/mol. The van der Waals surface area contributed by atoms with E-state index >= 15 is 0 Å². The average Bonchev–Trinajstić information content (AvgIpc) is 3.13. The summed E-state index contributed by atoms with van der Waals surface area (Å²) in [5.41, 5.74) is -0.00425. The molecule has 3 rings (SSSR count). The van der Waals surface area contributed by atoms with E-state index in [0.717, 1.165) is 35.6 Å². The van der Waals surface area contributed by atoms with Crippen LogP contribution in [0.2, 0.25) is 5.02 Å². The molecule has 1 aromatic rings. The van der Waals surface area contributed by atoms with Gasteiger partial charge in [0.25, 0.3) is 0 Å². The van der Waals surface area contributed by atoms with E-state index in [1.54, 1.807) is 11.8 Å². The van der Waals surface area contributed by atoms with Crippen molar-refractivity contribution in [1.29, 1.82) is 0 Å². The molecule has 0 spiro atoms. The van der Waals surface area contributed by atoms with Crippen molar-refractivity contribution in [3.05, 3.63) is 34.9 Å². The lowest BCUT2D eigenvalue weighted by molar-refractivity contribution is -0.127. The number of carbonyl (C=O) groups excluding carboxylic acids is 1. The van der Waals surface area contributed by atoms with Crippen molar-refractivity contribution < 1.29 is 9.90 Å².